The van der Waals surface area contributed by atoms with Crippen LogP contribution in [0.15, 0.2) is 10.9 Å². The van der Waals surface area contributed by atoms with E-state index >= 15 is 0 Å². The molecule has 20 heavy (non-hydrogen) atoms. The maximum absolute atomic E-state index is 11.7. The highest BCUT2D eigenvalue weighted by atomic mass is 16.3. The van der Waals surface area contributed by atoms with Gasteiger partial charge in [0, 0.05) is 24.8 Å². The van der Waals surface area contributed by atoms with Crippen LogP contribution in [0.4, 0.5) is 0 Å². The van der Waals surface area contributed by atoms with E-state index in [9.17, 15) is 15.0 Å². The Morgan fingerprint density at radius 3 is 2.50 bits per heavy atom. The van der Waals surface area contributed by atoms with Crippen molar-refractivity contribution in [1.82, 2.24) is 9.47 Å². The number of aliphatic hydroxyl groups is 1. The van der Waals surface area contributed by atoms with E-state index in [4.69, 9.17) is 0 Å². The van der Waals surface area contributed by atoms with Crippen molar-refractivity contribution in [3.8, 4) is 5.75 Å². The van der Waals surface area contributed by atoms with E-state index in [-0.39, 0.29) is 12.4 Å². The number of nitrogens with zero attached hydrogens (tertiary/aromatic N) is 2. The molecule has 1 aromatic rings. The van der Waals surface area contributed by atoms with Crippen LogP contribution >= 0.6 is 0 Å². The molecule has 0 saturated heterocycles. The normalized spacial score (nSPS) is 11.2. The summed E-state index contributed by atoms with van der Waals surface area (Å²) in [7, 11) is 3.77. The molecule has 0 aliphatic carbocycles. The van der Waals surface area contributed by atoms with Gasteiger partial charge in [-0.1, -0.05) is 26.2 Å². The smallest absolute Gasteiger partial charge is 0.223 e. The van der Waals surface area contributed by atoms with Crippen molar-refractivity contribution in [2.45, 2.75) is 52.3 Å². The molecule has 2 N–H and O–H groups in total. The first kappa shape index (κ1) is 16.7. The standard InChI is InChI=1S/C15H26N2O3/c1-4-5-6-7-8-17-12(11-18)9-14(19)15(20)13(17)10-16(2)3/h9,18,20H,4-8,10-11H2,1-3H3. The van der Waals surface area contributed by atoms with Crippen LogP contribution in [0.1, 0.15) is 44.0 Å². The zero-order valence-corrected chi connectivity index (χ0v) is 12.7. The molecule has 5 nitrogen and oxygen atoms in total. The van der Waals surface area contributed by atoms with Crippen LogP contribution in [0, 0.1) is 0 Å². The summed E-state index contributed by atoms with van der Waals surface area (Å²) in [5.41, 5.74) is 0.736. The van der Waals surface area contributed by atoms with Crippen molar-refractivity contribution >= 4 is 0 Å². The third-order valence-electron chi connectivity index (χ3n) is 3.34. The van der Waals surface area contributed by atoms with Crippen LogP contribution in [-0.4, -0.2) is 33.8 Å². The Morgan fingerprint density at radius 1 is 1.25 bits per heavy atom. The summed E-state index contributed by atoms with van der Waals surface area (Å²) < 4.78 is 1.88. The van der Waals surface area contributed by atoms with Crippen LogP contribution in [0.5, 0.6) is 5.75 Å². The Hall–Kier alpha value is -1.33. The molecule has 0 radical (unpaired) electrons. The number of hydrogen-bond donors (Lipinski definition) is 2. The van der Waals surface area contributed by atoms with Gasteiger partial charge in [-0.3, -0.25) is 4.79 Å². The number of unbranched alkanes of at least 4 members (excludes halogenated alkanes) is 3. The minimum Gasteiger partial charge on any atom is -0.503 e. The van der Waals surface area contributed by atoms with E-state index in [0.29, 0.717) is 24.5 Å². The SMILES string of the molecule is CCCCCCn1c(CO)cc(=O)c(O)c1CN(C)C. The number of aliphatic hydroxyl groups excluding tert-OH is 1. The fourth-order valence-electron chi connectivity index (χ4n) is 2.31. The molecule has 1 heterocycles. The van der Waals surface area contributed by atoms with Gasteiger partial charge in [-0.05, 0) is 20.5 Å². The van der Waals surface area contributed by atoms with E-state index in [2.05, 4.69) is 6.92 Å². The lowest BCUT2D eigenvalue weighted by Crippen LogP contribution is -2.23. The Balaban J connectivity index is 3.08. The average Bonchev–Trinajstić information content (AvgIpc) is 2.41. The molecular weight excluding hydrogens is 256 g/mol. The fraction of sp³-hybridized carbons (Fsp3) is 0.667. The molecule has 1 rings (SSSR count). The maximum atomic E-state index is 11.7. The monoisotopic (exact) mass is 282 g/mol. The van der Waals surface area contributed by atoms with E-state index < -0.39 is 5.43 Å². The zero-order chi connectivity index (χ0) is 15.1. The molecule has 0 aromatic carbocycles. The van der Waals surface area contributed by atoms with Gasteiger partial charge in [0.25, 0.3) is 0 Å². The van der Waals surface area contributed by atoms with E-state index in [1.807, 2.05) is 23.6 Å². The number of pyridine rings is 1. The van der Waals surface area contributed by atoms with Crippen LogP contribution in [0.25, 0.3) is 0 Å². The number of rotatable bonds is 8. The van der Waals surface area contributed by atoms with Crippen molar-refractivity contribution in [3.05, 3.63) is 27.7 Å². The topological polar surface area (TPSA) is 65.7 Å². The average molecular weight is 282 g/mol. The van der Waals surface area contributed by atoms with Gasteiger partial charge in [0.2, 0.25) is 5.43 Å². The molecule has 114 valence electrons. The highest BCUT2D eigenvalue weighted by Crippen LogP contribution is 2.18. The zero-order valence-electron chi connectivity index (χ0n) is 12.7. The van der Waals surface area contributed by atoms with Gasteiger partial charge < -0.3 is 19.7 Å². The molecular formula is C15H26N2O3. The van der Waals surface area contributed by atoms with Gasteiger partial charge in [-0.15, -0.1) is 0 Å². The highest BCUT2D eigenvalue weighted by Gasteiger charge is 2.15. The number of hydrogen-bond acceptors (Lipinski definition) is 4. The second kappa shape index (κ2) is 8.07. The summed E-state index contributed by atoms with van der Waals surface area (Å²) in [6.07, 6.45) is 4.41. The summed E-state index contributed by atoms with van der Waals surface area (Å²) in [6.45, 7) is 3.15. The first-order valence-electron chi connectivity index (χ1n) is 7.21. The Bertz CT molecular complexity index is 481. The molecule has 0 spiro atoms. The van der Waals surface area contributed by atoms with Gasteiger partial charge in [0.05, 0.1) is 12.3 Å². The molecule has 0 fully saturated rings. The fourth-order valence-corrected chi connectivity index (χ4v) is 2.31. The molecule has 0 bridgehead atoms. The molecule has 5 heteroatoms. The van der Waals surface area contributed by atoms with Crippen LogP contribution in [-0.2, 0) is 19.7 Å². The lowest BCUT2D eigenvalue weighted by Gasteiger charge is -2.21. The lowest BCUT2D eigenvalue weighted by molar-refractivity contribution is 0.263. The molecule has 0 aliphatic rings. The molecule has 0 amide bonds. The van der Waals surface area contributed by atoms with Gasteiger partial charge in [0.15, 0.2) is 5.75 Å². The third kappa shape index (κ3) is 4.35. The second-order valence-corrected chi connectivity index (χ2v) is 5.40. The Labute approximate surface area is 120 Å². The summed E-state index contributed by atoms with van der Waals surface area (Å²) in [4.78, 5) is 13.6. The van der Waals surface area contributed by atoms with Crippen molar-refractivity contribution in [2.75, 3.05) is 14.1 Å². The quantitative estimate of drug-likeness (QED) is 0.712. The van der Waals surface area contributed by atoms with E-state index in [0.717, 1.165) is 19.3 Å². The van der Waals surface area contributed by atoms with Crippen molar-refractivity contribution in [3.63, 3.8) is 0 Å². The summed E-state index contributed by atoms with van der Waals surface area (Å²) in [5.74, 6) is -0.202. The maximum Gasteiger partial charge on any atom is 0.223 e. The first-order valence-corrected chi connectivity index (χ1v) is 7.21. The minimum absolute atomic E-state index is 0.191. The van der Waals surface area contributed by atoms with Crippen molar-refractivity contribution in [1.29, 1.82) is 0 Å². The number of aromatic hydroxyl groups is 1. The van der Waals surface area contributed by atoms with Crippen molar-refractivity contribution in [2.24, 2.45) is 0 Å². The van der Waals surface area contributed by atoms with E-state index in [1.165, 1.54) is 12.5 Å². The lowest BCUT2D eigenvalue weighted by atomic mass is 10.1. The summed E-state index contributed by atoms with van der Waals surface area (Å²) in [5, 5.41) is 19.4. The van der Waals surface area contributed by atoms with Crippen LogP contribution in [0.2, 0.25) is 0 Å². The predicted octanol–water partition coefficient (Wildman–Crippen LogP) is 1.69. The molecule has 1 aromatic heterocycles. The van der Waals surface area contributed by atoms with Crippen molar-refractivity contribution < 1.29 is 10.2 Å². The highest BCUT2D eigenvalue weighted by molar-refractivity contribution is 5.30. The molecule has 0 unspecified atom stereocenters. The molecule has 0 saturated carbocycles. The van der Waals surface area contributed by atoms with Crippen LogP contribution < -0.4 is 5.43 Å². The first-order chi connectivity index (χ1) is 9.51. The summed E-state index contributed by atoms with van der Waals surface area (Å²) in [6, 6.07) is 1.33. The summed E-state index contributed by atoms with van der Waals surface area (Å²) >= 11 is 0. The van der Waals surface area contributed by atoms with Gasteiger partial charge >= 0.3 is 0 Å². The van der Waals surface area contributed by atoms with Crippen LogP contribution in [0.3, 0.4) is 0 Å². The third-order valence-corrected chi connectivity index (χ3v) is 3.34. The Morgan fingerprint density at radius 2 is 1.95 bits per heavy atom. The second-order valence-electron chi connectivity index (χ2n) is 5.40. The Kier molecular flexibility index (Phi) is 6.75. The predicted molar refractivity (Wildman–Crippen MR) is 79.8 cm³/mol. The molecule has 0 aliphatic heterocycles. The molecule has 0 atom stereocenters. The van der Waals surface area contributed by atoms with Gasteiger partial charge in [-0.25, -0.2) is 0 Å². The number of aromatic nitrogens is 1. The largest absolute Gasteiger partial charge is 0.503 e. The van der Waals surface area contributed by atoms with Gasteiger partial charge in [-0.2, -0.15) is 0 Å². The minimum atomic E-state index is -0.421. The van der Waals surface area contributed by atoms with E-state index in [1.54, 1.807) is 0 Å². The van der Waals surface area contributed by atoms with Gasteiger partial charge in [0.1, 0.15) is 0 Å².